The third kappa shape index (κ3) is 18.5. The van der Waals surface area contributed by atoms with Crippen molar-refractivity contribution in [1.82, 2.24) is 0 Å². The Kier molecular flexibility index (Phi) is 23.7. The van der Waals surface area contributed by atoms with E-state index in [1.165, 1.54) is 26.4 Å². The van der Waals surface area contributed by atoms with E-state index in [0.29, 0.717) is 47.3 Å². The zero-order valence-electron chi connectivity index (χ0n) is 45.7. The fourth-order valence-corrected chi connectivity index (χ4v) is 8.37. The fourth-order valence-electron chi connectivity index (χ4n) is 8.20. The van der Waals surface area contributed by atoms with Crippen LogP contribution in [-0.4, -0.2) is 45.5 Å². The number of methoxy groups -OCH3 is 4. The topological polar surface area (TPSA) is 101 Å². The molecular formula is C64H75ClF2O8. The number of esters is 2. The second-order valence-corrected chi connectivity index (χ2v) is 20.2. The van der Waals surface area contributed by atoms with Gasteiger partial charge in [-0.15, -0.1) is 11.6 Å². The number of carbonyl (C=O) groups is 2. The summed E-state index contributed by atoms with van der Waals surface area (Å²) in [5.74, 6) is 1.53. The van der Waals surface area contributed by atoms with Gasteiger partial charge in [0.2, 0.25) is 0 Å². The molecule has 0 unspecified atom stereocenters. The molecule has 2 atom stereocenters. The fraction of sp³-hybridized carbons (Fsp3) is 0.344. The van der Waals surface area contributed by atoms with E-state index < -0.39 is 0 Å². The predicted molar refractivity (Wildman–Crippen MR) is 300 cm³/mol. The van der Waals surface area contributed by atoms with Crippen molar-refractivity contribution in [2.45, 2.75) is 116 Å². The number of allylic oxidation sites excluding steroid dienone is 4. The van der Waals surface area contributed by atoms with Gasteiger partial charge in [0.15, 0.2) is 0 Å². The van der Waals surface area contributed by atoms with Crippen LogP contribution in [0, 0.1) is 11.6 Å². The Morgan fingerprint density at radius 1 is 0.547 bits per heavy atom. The smallest absolute Gasteiger partial charge is 0.306 e. The van der Waals surface area contributed by atoms with Crippen LogP contribution in [0.25, 0.3) is 22.3 Å². The second-order valence-electron chi connectivity index (χ2n) is 20.0. The zero-order valence-corrected chi connectivity index (χ0v) is 46.4. The van der Waals surface area contributed by atoms with Gasteiger partial charge in [0.05, 0.1) is 41.3 Å². The molecule has 8 nitrogen and oxygen atoms in total. The normalized spacial score (nSPS) is 12.2. The average molecular weight is 1050 g/mol. The maximum absolute atomic E-state index is 14.9. The number of hydrogen-bond donors (Lipinski definition) is 1. The Bertz CT molecular complexity index is 2820. The molecule has 400 valence electrons. The van der Waals surface area contributed by atoms with Gasteiger partial charge in [-0.3, -0.25) is 9.59 Å². The number of hydrogen-bond acceptors (Lipinski definition) is 8. The van der Waals surface area contributed by atoms with Gasteiger partial charge in [0.25, 0.3) is 0 Å². The number of phenols is 1. The third-order valence-electron chi connectivity index (χ3n) is 12.3. The number of carbonyl (C=O) groups excluding carboxylic acids is 2. The molecule has 0 bridgehead atoms. The number of phenolic OH excluding ortho intramolecular Hbond substituents is 1. The molecule has 0 aliphatic carbocycles. The van der Waals surface area contributed by atoms with E-state index in [1.54, 1.807) is 50.6 Å². The summed E-state index contributed by atoms with van der Waals surface area (Å²) < 4.78 is 55.4. The molecule has 6 aromatic carbocycles. The van der Waals surface area contributed by atoms with Gasteiger partial charge in [0, 0.05) is 28.8 Å². The van der Waals surface area contributed by atoms with Gasteiger partial charge in [-0.1, -0.05) is 128 Å². The van der Waals surface area contributed by atoms with Crippen LogP contribution in [0.15, 0.2) is 146 Å². The van der Waals surface area contributed by atoms with Crippen LogP contribution in [0.5, 0.6) is 23.0 Å². The highest BCUT2D eigenvalue weighted by molar-refractivity contribution is 6.17. The van der Waals surface area contributed by atoms with Gasteiger partial charge >= 0.3 is 11.9 Å². The lowest BCUT2D eigenvalue weighted by Crippen LogP contribution is -2.13. The monoisotopic (exact) mass is 1040 g/mol. The van der Waals surface area contributed by atoms with Crippen molar-refractivity contribution < 1.29 is 47.2 Å². The zero-order chi connectivity index (χ0) is 55.3. The van der Waals surface area contributed by atoms with Crippen LogP contribution in [-0.2, 0) is 42.4 Å². The second kappa shape index (κ2) is 29.3. The molecule has 0 heterocycles. The highest BCUT2D eigenvalue weighted by atomic mass is 35.5. The summed E-state index contributed by atoms with van der Waals surface area (Å²) >= 11 is 5.93. The lowest BCUT2D eigenvalue weighted by Gasteiger charge is -2.24. The summed E-state index contributed by atoms with van der Waals surface area (Å²) in [5.41, 5.74) is 8.55. The van der Waals surface area contributed by atoms with Crippen LogP contribution >= 0.6 is 11.6 Å². The first-order valence-corrected chi connectivity index (χ1v) is 25.7. The number of halogens is 3. The van der Waals surface area contributed by atoms with E-state index in [0.717, 1.165) is 57.3 Å². The molecule has 0 fully saturated rings. The number of ether oxygens (including phenoxy) is 5. The van der Waals surface area contributed by atoms with E-state index in [2.05, 4.69) is 59.3 Å². The molecule has 6 rings (SSSR count). The molecule has 0 spiro atoms. The molecule has 6 aromatic rings. The van der Waals surface area contributed by atoms with Crippen molar-refractivity contribution in [3.8, 4) is 45.3 Å². The first-order chi connectivity index (χ1) is 35.7. The van der Waals surface area contributed by atoms with E-state index in [-0.39, 0.29) is 58.4 Å². The molecule has 0 aliphatic heterocycles. The van der Waals surface area contributed by atoms with Crippen molar-refractivity contribution in [2.75, 3.05) is 28.4 Å². The molecule has 75 heavy (non-hydrogen) atoms. The van der Waals surface area contributed by atoms with Crippen molar-refractivity contribution in [1.29, 1.82) is 0 Å². The maximum Gasteiger partial charge on any atom is 0.306 e. The molecule has 0 amide bonds. The summed E-state index contributed by atoms with van der Waals surface area (Å²) in [5, 5.41) is 9.23. The van der Waals surface area contributed by atoms with E-state index in [4.69, 9.17) is 30.5 Å². The molecule has 0 aliphatic rings. The van der Waals surface area contributed by atoms with E-state index in [1.807, 2.05) is 97.9 Å². The van der Waals surface area contributed by atoms with Crippen LogP contribution in [0.1, 0.15) is 126 Å². The molecule has 0 saturated carbocycles. The number of rotatable bonds is 18. The van der Waals surface area contributed by atoms with Crippen molar-refractivity contribution in [2.24, 2.45) is 0 Å². The minimum Gasteiger partial charge on any atom is -0.508 e. The number of alkyl halides is 1. The number of benzene rings is 6. The first kappa shape index (κ1) is 60.6. The van der Waals surface area contributed by atoms with Gasteiger partial charge in [-0.05, 0) is 141 Å². The van der Waals surface area contributed by atoms with Crippen molar-refractivity contribution in [3.63, 3.8) is 0 Å². The molecule has 0 saturated heterocycles. The van der Waals surface area contributed by atoms with Gasteiger partial charge in [0.1, 0.15) is 41.2 Å². The van der Waals surface area contributed by atoms with Gasteiger partial charge in [-0.2, -0.15) is 0 Å². The Balaban J connectivity index is 0.000000269. The highest BCUT2D eigenvalue weighted by Crippen LogP contribution is 2.39. The molecule has 11 heteroatoms. The Labute approximate surface area is 449 Å². The Morgan fingerprint density at radius 2 is 0.947 bits per heavy atom. The van der Waals surface area contributed by atoms with Gasteiger partial charge in [-0.25, -0.2) is 8.78 Å². The SMILES string of the molecule is CC/C=C\[C@H](CC(=O)OC)c1ccc(O)cc1.CC/C=C\[C@H](CC(=O)OC)c1ccc(OCc2ccc(C(C)(C)C)c(-c3cc(OC)ccc3F)c2)cc1.COc1ccc(F)c(-c2cc(CCl)ccc2C(C)(C)C)c1. The first-order valence-electron chi connectivity index (χ1n) is 25.2. The van der Waals surface area contributed by atoms with Crippen molar-refractivity contribution >= 4 is 23.5 Å². The van der Waals surface area contributed by atoms with Crippen LogP contribution < -0.4 is 14.2 Å². The molecule has 0 aromatic heterocycles. The van der Waals surface area contributed by atoms with E-state index >= 15 is 0 Å². The van der Waals surface area contributed by atoms with Crippen LogP contribution in [0.4, 0.5) is 8.78 Å². The largest absolute Gasteiger partial charge is 0.508 e. The Morgan fingerprint density at radius 3 is 1.33 bits per heavy atom. The maximum atomic E-state index is 14.9. The molecule has 0 radical (unpaired) electrons. The lowest BCUT2D eigenvalue weighted by atomic mass is 9.81. The minimum atomic E-state index is -0.293. The summed E-state index contributed by atoms with van der Waals surface area (Å²) in [6, 6.07) is 36.3. The average Bonchev–Trinajstić information content (AvgIpc) is 3.40. The summed E-state index contributed by atoms with van der Waals surface area (Å²) in [4.78, 5) is 23.2. The van der Waals surface area contributed by atoms with Crippen molar-refractivity contribution in [3.05, 3.63) is 191 Å². The highest BCUT2D eigenvalue weighted by Gasteiger charge is 2.23. The minimum absolute atomic E-state index is 0.00278. The predicted octanol–water partition coefficient (Wildman–Crippen LogP) is 16.5. The summed E-state index contributed by atoms with van der Waals surface area (Å²) in [6.45, 7) is 17.1. The summed E-state index contributed by atoms with van der Waals surface area (Å²) in [7, 11) is 5.95. The lowest BCUT2D eigenvalue weighted by molar-refractivity contribution is -0.141. The molecular weight excluding hydrogens is 970 g/mol. The third-order valence-corrected chi connectivity index (χ3v) is 12.6. The standard InChI is InChI=1S/C32H37FO4.C18H20ClFO.C14H18O3/c1-7-8-9-24(19-31(34)36-6)23-11-13-25(14-12-23)37-21-22-10-16-29(32(2,3)4)27(18-22)28-20-26(35-5)15-17-30(28)33;1-18(2,3)16-7-5-12(11-19)9-14(16)15-10-13(21-4)6-8-17(15)20;1-3-4-5-12(10-14(16)17-2)11-6-8-13(15)9-7-11/h8-18,20,24H,7,19,21H2,1-6H3;5-10H,11H2,1-4H3;4-9,12,15H,3,10H2,1-2H3/b9-8-;;5-4-/t24-;;12-/m1.1/s1. The van der Waals surface area contributed by atoms with E-state index in [9.17, 15) is 23.5 Å². The van der Waals surface area contributed by atoms with Crippen LogP contribution in [0.3, 0.4) is 0 Å². The van der Waals surface area contributed by atoms with Crippen LogP contribution in [0.2, 0.25) is 0 Å². The Hall–Kier alpha value is -6.91. The number of aromatic hydroxyl groups is 1. The molecule has 1 N–H and O–H groups in total. The van der Waals surface area contributed by atoms with Gasteiger partial charge < -0.3 is 28.8 Å². The summed E-state index contributed by atoms with van der Waals surface area (Å²) in [6.07, 6.45) is 10.6. The quantitative estimate of drug-likeness (QED) is 0.0516.